The Bertz CT molecular complexity index is 442. The maximum Gasteiger partial charge on any atom is 0.178 e. The number of hydrogen-bond donors (Lipinski definition) is 1. The van der Waals surface area contributed by atoms with Gasteiger partial charge in [0.15, 0.2) is 9.84 Å². The molecule has 0 aliphatic rings. The molecule has 0 amide bonds. The Kier molecular flexibility index (Phi) is 5.08. The van der Waals surface area contributed by atoms with Crippen LogP contribution >= 0.6 is 0 Å². The highest BCUT2D eigenvalue weighted by molar-refractivity contribution is 7.91. The lowest BCUT2D eigenvalue weighted by Crippen LogP contribution is -2.19. The summed E-state index contributed by atoms with van der Waals surface area (Å²) >= 11 is 0. The summed E-state index contributed by atoms with van der Waals surface area (Å²) in [5, 5.41) is 0. The zero-order valence-electron chi connectivity index (χ0n) is 9.90. The van der Waals surface area contributed by atoms with Crippen LogP contribution in [0.1, 0.15) is 26.2 Å². The van der Waals surface area contributed by atoms with Gasteiger partial charge in [0.05, 0.1) is 10.6 Å². The maximum atomic E-state index is 12.7. The molecule has 1 atom stereocenters. The lowest BCUT2D eigenvalue weighted by atomic mass is 10.1. The molecule has 17 heavy (non-hydrogen) atoms. The second-order valence-electron chi connectivity index (χ2n) is 4.08. The first-order chi connectivity index (χ1) is 7.95. The first-order valence-corrected chi connectivity index (χ1v) is 7.35. The topological polar surface area (TPSA) is 60.2 Å². The predicted octanol–water partition coefficient (Wildman–Crippen LogP) is 2.12. The highest BCUT2D eigenvalue weighted by atomic mass is 32.2. The molecule has 1 rings (SSSR count). The average Bonchev–Trinajstić information content (AvgIpc) is 2.29. The van der Waals surface area contributed by atoms with Crippen LogP contribution in [0.15, 0.2) is 29.2 Å². The number of hydrogen-bond acceptors (Lipinski definition) is 3. The van der Waals surface area contributed by atoms with E-state index in [-0.39, 0.29) is 16.7 Å². The molecule has 1 aromatic carbocycles. The second kappa shape index (κ2) is 6.12. The molecule has 5 heteroatoms. The van der Waals surface area contributed by atoms with Gasteiger partial charge in [-0.3, -0.25) is 0 Å². The van der Waals surface area contributed by atoms with E-state index in [0.29, 0.717) is 12.8 Å². The molecule has 0 aliphatic heterocycles. The third-order valence-electron chi connectivity index (χ3n) is 2.69. The molecule has 0 heterocycles. The van der Waals surface area contributed by atoms with Crippen LogP contribution in [0.2, 0.25) is 0 Å². The smallest absolute Gasteiger partial charge is 0.178 e. The van der Waals surface area contributed by atoms with Gasteiger partial charge in [-0.25, -0.2) is 12.8 Å². The first-order valence-electron chi connectivity index (χ1n) is 5.69. The normalized spacial score (nSPS) is 13.6. The molecule has 0 aliphatic carbocycles. The van der Waals surface area contributed by atoms with Gasteiger partial charge in [0.25, 0.3) is 0 Å². The predicted molar refractivity (Wildman–Crippen MR) is 66.0 cm³/mol. The van der Waals surface area contributed by atoms with E-state index in [1.165, 1.54) is 12.1 Å². The maximum absolute atomic E-state index is 12.7. The quantitative estimate of drug-likeness (QED) is 0.796. The van der Waals surface area contributed by atoms with Crippen molar-refractivity contribution in [2.24, 2.45) is 5.73 Å². The Morgan fingerprint density at radius 3 is 2.41 bits per heavy atom. The van der Waals surface area contributed by atoms with E-state index >= 15 is 0 Å². The molecule has 0 bridgehead atoms. The number of nitrogens with two attached hydrogens (primary N) is 1. The monoisotopic (exact) mass is 259 g/mol. The molecule has 0 fully saturated rings. The van der Waals surface area contributed by atoms with Crippen LogP contribution in [-0.4, -0.2) is 20.2 Å². The van der Waals surface area contributed by atoms with Gasteiger partial charge in [-0.1, -0.05) is 6.92 Å². The van der Waals surface area contributed by atoms with Crippen molar-refractivity contribution in [3.05, 3.63) is 30.1 Å². The Labute approximate surface area is 102 Å². The number of sulfone groups is 1. The minimum atomic E-state index is -3.30. The van der Waals surface area contributed by atoms with Crippen molar-refractivity contribution >= 4 is 9.84 Å². The minimum absolute atomic E-state index is 0.0541. The molecule has 96 valence electrons. The molecule has 0 saturated heterocycles. The van der Waals surface area contributed by atoms with Gasteiger partial charge in [0.1, 0.15) is 5.82 Å². The molecule has 3 nitrogen and oxygen atoms in total. The van der Waals surface area contributed by atoms with Gasteiger partial charge < -0.3 is 5.73 Å². The molecule has 0 radical (unpaired) electrons. The van der Waals surface area contributed by atoms with Crippen LogP contribution in [0.4, 0.5) is 4.39 Å². The number of benzene rings is 1. The summed E-state index contributed by atoms with van der Waals surface area (Å²) in [6, 6.07) is 4.96. The highest BCUT2D eigenvalue weighted by Gasteiger charge is 2.14. The standard InChI is InChI=1S/C12H18FNO2S/c1-2-11(14)4-3-9-17(15,16)12-7-5-10(13)6-8-12/h5-8,11H,2-4,9,14H2,1H3. The average molecular weight is 259 g/mol. The Morgan fingerprint density at radius 1 is 1.29 bits per heavy atom. The van der Waals surface area contributed by atoms with E-state index in [2.05, 4.69) is 0 Å². The lowest BCUT2D eigenvalue weighted by Gasteiger charge is -2.08. The van der Waals surface area contributed by atoms with Gasteiger partial charge in [0, 0.05) is 6.04 Å². The summed E-state index contributed by atoms with van der Waals surface area (Å²) in [6.07, 6.45) is 2.07. The largest absolute Gasteiger partial charge is 0.328 e. The van der Waals surface area contributed by atoms with E-state index in [1.807, 2.05) is 6.92 Å². The molecule has 0 saturated carbocycles. The van der Waals surface area contributed by atoms with Crippen LogP contribution in [-0.2, 0) is 9.84 Å². The van der Waals surface area contributed by atoms with Gasteiger partial charge in [-0.2, -0.15) is 0 Å². The molecule has 2 N–H and O–H groups in total. The number of halogens is 1. The molecule has 0 aromatic heterocycles. The first kappa shape index (κ1) is 14.1. The van der Waals surface area contributed by atoms with E-state index in [0.717, 1.165) is 18.6 Å². The summed E-state index contributed by atoms with van der Waals surface area (Å²) in [6.45, 7) is 1.97. The summed E-state index contributed by atoms with van der Waals surface area (Å²) in [4.78, 5) is 0.170. The summed E-state index contributed by atoms with van der Waals surface area (Å²) < 4.78 is 36.4. The van der Waals surface area contributed by atoms with Crippen LogP contribution in [0.5, 0.6) is 0 Å². The Balaban J connectivity index is 2.60. The summed E-state index contributed by atoms with van der Waals surface area (Å²) in [5.74, 6) is -0.372. The van der Waals surface area contributed by atoms with E-state index in [9.17, 15) is 12.8 Å². The summed E-state index contributed by atoms with van der Waals surface area (Å²) in [5.41, 5.74) is 5.72. The van der Waals surface area contributed by atoms with Crippen molar-refractivity contribution in [3.8, 4) is 0 Å². The van der Waals surface area contributed by atoms with E-state index < -0.39 is 15.7 Å². The van der Waals surface area contributed by atoms with Crippen LogP contribution < -0.4 is 5.73 Å². The van der Waals surface area contributed by atoms with Crippen molar-refractivity contribution in [1.29, 1.82) is 0 Å². The van der Waals surface area contributed by atoms with Crippen molar-refractivity contribution in [2.45, 2.75) is 37.1 Å². The molecule has 1 unspecified atom stereocenters. The Hall–Kier alpha value is -0.940. The zero-order chi connectivity index (χ0) is 12.9. The molecular weight excluding hydrogens is 241 g/mol. The van der Waals surface area contributed by atoms with Crippen molar-refractivity contribution in [2.75, 3.05) is 5.75 Å². The van der Waals surface area contributed by atoms with Crippen LogP contribution in [0.25, 0.3) is 0 Å². The lowest BCUT2D eigenvalue weighted by molar-refractivity contribution is 0.567. The highest BCUT2D eigenvalue weighted by Crippen LogP contribution is 2.14. The van der Waals surface area contributed by atoms with Crippen LogP contribution in [0.3, 0.4) is 0 Å². The van der Waals surface area contributed by atoms with Gasteiger partial charge in [-0.15, -0.1) is 0 Å². The fraction of sp³-hybridized carbons (Fsp3) is 0.500. The van der Waals surface area contributed by atoms with E-state index in [4.69, 9.17) is 5.73 Å². The third kappa shape index (κ3) is 4.44. The minimum Gasteiger partial charge on any atom is -0.328 e. The SMILES string of the molecule is CCC(N)CCCS(=O)(=O)c1ccc(F)cc1. The van der Waals surface area contributed by atoms with E-state index in [1.54, 1.807) is 0 Å². The second-order valence-corrected chi connectivity index (χ2v) is 6.19. The summed E-state index contributed by atoms with van der Waals surface area (Å²) in [7, 11) is -3.30. The fourth-order valence-corrected chi connectivity index (χ4v) is 2.83. The van der Waals surface area contributed by atoms with Gasteiger partial charge in [-0.05, 0) is 43.5 Å². The van der Waals surface area contributed by atoms with Gasteiger partial charge >= 0.3 is 0 Å². The van der Waals surface area contributed by atoms with Crippen molar-refractivity contribution in [1.82, 2.24) is 0 Å². The fourth-order valence-electron chi connectivity index (χ4n) is 1.50. The molecular formula is C12H18FNO2S. The third-order valence-corrected chi connectivity index (χ3v) is 4.50. The zero-order valence-corrected chi connectivity index (χ0v) is 10.7. The molecule has 1 aromatic rings. The van der Waals surface area contributed by atoms with Crippen molar-refractivity contribution < 1.29 is 12.8 Å². The van der Waals surface area contributed by atoms with Gasteiger partial charge in [0.2, 0.25) is 0 Å². The molecule has 0 spiro atoms. The van der Waals surface area contributed by atoms with Crippen LogP contribution in [0, 0.1) is 5.82 Å². The Morgan fingerprint density at radius 2 is 1.88 bits per heavy atom. The number of rotatable bonds is 6. The van der Waals surface area contributed by atoms with Crippen molar-refractivity contribution in [3.63, 3.8) is 0 Å².